The van der Waals surface area contributed by atoms with E-state index in [1.807, 2.05) is 30.3 Å². The minimum absolute atomic E-state index is 0.123. The van der Waals surface area contributed by atoms with Crippen molar-refractivity contribution >= 4 is 10.0 Å². The second kappa shape index (κ2) is 7.49. The van der Waals surface area contributed by atoms with E-state index in [0.29, 0.717) is 5.56 Å². The van der Waals surface area contributed by atoms with Crippen molar-refractivity contribution in [2.75, 3.05) is 13.7 Å². The van der Waals surface area contributed by atoms with Crippen LogP contribution in [0, 0.1) is 5.82 Å². The molecule has 2 aromatic rings. The molecule has 1 unspecified atom stereocenters. The summed E-state index contributed by atoms with van der Waals surface area (Å²) in [6.45, 7) is 0.123. The maximum atomic E-state index is 13.1. The van der Waals surface area contributed by atoms with E-state index >= 15 is 0 Å². The number of sulfonamides is 1. The van der Waals surface area contributed by atoms with E-state index in [-0.39, 0.29) is 18.4 Å². The Morgan fingerprint density at radius 3 is 2.50 bits per heavy atom. The minimum atomic E-state index is -3.56. The number of rotatable bonds is 7. The smallest absolute Gasteiger partial charge is 0.215 e. The van der Waals surface area contributed by atoms with E-state index in [1.54, 1.807) is 6.07 Å². The fraction of sp³-hybridized carbons (Fsp3) is 0.250. The zero-order chi connectivity index (χ0) is 16.0. The molecule has 1 N–H and O–H groups in total. The molecule has 0 aliphatic carbocycles. The monoisotopic (exact) mass is 323 g/mol. The number of methoxy groups -OCH3 is 1. The van der Waals surface area contributed by atoms with Gasteiger partial charge in [0.25, 0.3) is 0 Å². The van der Waals surface area contributed by atoms with Gasteiger partial charge in [-0.1, -0.05) is 42.5 Å². The highest BCUT2D eigenvalue weighted by atomic mass is 32.2. The maximum Gasteiger partial charge on any atom is 0.215 e. The van der Waals surface area contributed by atoms with Gasteiger partial charge in [0, 0.05) is 13.7 Å². The third-order valence-corrected chi connectivity index (χ3v) is 4.51. The molecule has 6 heteroatoms. The lowest BCUT2D eigenvalue weighted by Crippen LogP contribution is -2.30. The Hall–Kier alpha value is -1.76. The fourth-order valence-electron chi connectivity index (χ4n) is 2.10. The lowest BCUT2D eigenvalue weighted by atomic mass is 10.1. The average molecular weight is 323 g/mol. The van der Waals surface area contributed by atoms with E-state index in [9.17, 15) is 12.8 Å². The molecule has 4 nitrogen and oxygen atoms in total. The second-order valence-electron chi connectivity index (χ2n) is 4.87. The Bertz CT molecular complexity index is 704. The van der Waals surface area contributed by atoms with Crippen LogP contribution in [0.25, 0.3) is 0 Å². The summed E-state index contributed by atoms with van der Waals surface area (Å²) >= 11 is 0. The summed E-state index contributed by atoms with van der Waals surface area (Å²) < 4.78 is 45.1. The first-order valence-electron chi connectivity index (χ1n) is 6.80. The van der Waals surface area contributed by atoms with Gasteiger partial charge in [0.15, 0.2) is 0 Å². The topological polar surface area (TPSA) is 55.4 Å². The first-order valence-corrected chi connectivity index (χ1v) is 8.45. The number of halogens is 1. The van der Waals surface area contributed by atoms with E-state index in [0.717, 1.165) is 5.56 Å². The lowest BCUT2D eigenvalue weighted by Gasteiger charge is -2.16. The Labute approximate surface area is 130 Å². The van der Waals surface area contributed by atoms with Gasteiger partial charge in [-0.15, -0.1) is 0 Å². The summed E-state index contributed by atoms with van der Waals surface area (Å²) in [7, 11) is -2.03. The summed E-state index contributed by atoms with van der Waals surface area (Å²) in [6, 6.07) is 14.9. The Balaban J connectivity index is 2.00. The number of benzene rings is 2. The molecule has 2 aromatic carbocycles. The summed E-state index contributed by atoms with van der Waals surface area (Å²) in [5, 5.41) is 0. The third kappa shape index (κ3) is 4.91. The van der Waals surface area contributed by atoms with Crippen LogP contribution in [0.15, 0.2) is 54.6 Å². The lowest BCUT2D eigenvalue weighted by molar-refractivity contribution is 0.107. The molecule has 22 heavy (non-hydrogen) atoms. The SMILES string of the molecule is COC(CNS(=O)(=O)Cc1cccc(F)c1)c1ccccc1. The van der Waals surface area contributed by atoms with E-state index in [2.05, 4.69) is 4.72 Å². The summed E-state index contributed by atoms with van der Waals surface area (Å²) in [5.74, 6) is -0.720. The van der Waals surface area contributed by atoms with E-state index in [4.69, 9.17) is 4.74 Å². The second-order valence-corrected chi connectivity index (χ2v) is 6.68. The Morgan fingerprint density at radius 2 is 1.86 bits per heavy atom. The molecule has 0 amide bonds. The van der Waals surface area contributed by atoms with Crippen LogP contribution in [0.2, 0.25) is 0 Å². The van der Waals surface area contributed by atoms with Crippen molar-refractivity contribution in [1.82, 2.24) is 4.72 Å². The molecule has 2 rings (SSSR count). The molecule has 0 bridgehead atoms. The van der Waals surface area contributed by atoms with Crippen LogP contribution < -0.4 is 4.72 Å². The van der Waals surface area contributed by atoms with Crippen LogP contribution in [0.4, 0.5) is 4.39 Å². The number of nitrogens with one attached hydrogen (secondary N) is 1. The van der Waals surface area contributed by atoms with Crippen LogP contribution in [-0.2, 0) is 20.5 Å². The molecule has 0 saturated heterocycles. The van der Waals surface area contributed by atoms with E-state index < -0.39 is 15.8 Å². The van der Waals surface area contributed by atoms with Crippen LogP contribution in [0.1, 0.15) is 17.2 Å². The van der Waals surface area contributed by atoms with Gasteiger partial charge >= 0.3 is 0 Å². The van der Waals surface area contributed by atoms with Gasteiger partial charge in [-0.2, -0.15) is 0 Å². The van der Waals surface area contributed by atoms with Crippen molar-refractivity contribution in [3.63, 3.8) is 0 Å². The number of ether oxygens (including phenoxy) is 1. The van der Waals surface area contributed by atoms with Gasteiger partial charge in [0.2, 0.25) is 10.0 Å². The van der Waals surface area contributed by atoms with Gasteiger partial charge in [0.1, 0.15) is 5.82 Å². The molecule has 118 valence electrons. The first-order chi connectivity index (χ1) is 10.5. The van der Waals surface area contributed by atoms with Gasteiger partial charge in [-0.25, -0.2) is 17.5 Å². The maximum absolute atomic E-state index is 13.1. The van der Waals surface area contributed by atoms with Crippen molar-refractivity contribution in [2.45, 2.75) is 11.9 Å². The zero-order valence-electron chi connectivity index (χ0n) is 12.2. The highest BCUT2D eigenvalue weighted by Crippen LogP contribution is 2.16. The number of hydrogen-bond acceptors (Lipinski definition) is 3. The van der Waals surface area contributed by atoms with Gasteiger partial charge in [-0.3, -0.25) is 0 Å². The van der Waals surface area contributed by atoms with Crippen molar-refractivity contribution in [2.24, 2.45) is 0 Å². The Morgan fingerprint density at radius 1 is 1.14 bits per heavy atom. The van der Waals surface area contributed by atoms with Crippen LogP contribution in [0.5, 0.6) is 0 Å². The molecule has 0 aliphatic heterocycles. The zero-order valence-corrected chi connectivity index (χ0v) is 13.0. The van der Waals surface area contributed by atoms with Crippen molar-refractivity contribution in [3.8, 4) is 0 Å². The standard InChI is InChI=1S/C16H18FNO3S/c1-21-16(14-7-3-2-4-8-14)11-18-22(19,20)12-13-6-5-9-15(17)10-13/h2-10,16,18H,11-12H2,1H3. The van der Waals surface area contributed by atoms with Crippen molar-refractivity contribution in [3.05, 3.63) is 71.5 Å². The molecule has 1 atom stereocenters. The molecular formula is C16H18FNO3S. The predicted molar refractivity (Wildman–Crippen MR) is 83.2 cm³/mol. The molecule has 0 radical (unpaired) electrons. The molecule has 0 fully saturated rings. The van der Waals surface area contributed by atoms with Gasteiger partial charge in [0.05, 0.1) is 11.9 Å². The number of hydrogen-bond donors (Lipinski definition) is 1. The molecular weight excluding hydrogens is 305 g/mol. The van der Waals surface area contributed by atoms with Crippen LogP contribution >= 0.6 is 0 Å². The van der Waals surface area contributed by atoms with Gasteiger partial charge in [-0.05, 0) is 23.3 Å². The predicted octanol–water partition coefficient (Wildman–Crippen LogP) is 2.63. The summed E-state index contributed by atoms with van der Waals surface area (Å²) in [4.78, 5) is 0. The first kappa shape index (κ1) is 16.6. The highest BCUT2D eigenvalue weighted by molar-refractivity contribution is 7.88. The average Bonchev–Trinajstić information content (AvgIpc) is 2.48. The molecule has 0 aromatic heterocycles. The Kier molecular flexibility index (Phi) is 5.65. The molecule has 0 heterocycles. The summed E-state index contributed by atoms with van der Waals surface area (Å²) in [6.07, 6.45) is -0.372. The molecule has 0 aliphatic rings. The highest BCUT2D eigenvalue weighted by Gasteiger charge is 2.16. The van der Waals surface area contributed by atoms with Crippen molar-refractivity contribution < 1.29 is 17.5 Å². The van der Waals surface area contributed by atoms with Crippen molar-refractivity contribution in [1.29, 1.82) is 0 Å². The summed E-state index contributed by atoms with van der Waals surface area (Å²) in [5.41, 5.74) is 1.29. The molecule has 0 saturated carbocycles. The third-order valence-electron chi connectivity index (χ3n) is 3.19. The van der Waals surface area contributed by atoms with E-state index in [1.165, 1.54) is 25.3 Å². The van der Waals surface area contributed by atoms with Crippen LogP contribution in [-0.4, -0.2) is 22.1 Å². The molecule has 0 spiro atoms. The fourth-order valence-corrected chi connectivity index (χ4v) is 3.23. The van der Waals surface area contributed by atoms with Crippen LogP contribution in [0.3, 0.4) is 0 Å². The minimum Gasteiger partial charge on any atom is -0.375 e. The quantitative estimate of drug-likeness (QED) is 0.852. The normalized spacial score (nSPS) is 13.0. The largest absolute Gasteiger partial charge is 0.375 e. The van der Waals surface area contributed by atoms with Gasteiger partial charge < -0.3 is 4.74 Å².